The minimum absolute atomic E-state index is 0.0524. The molecule has 1 aromatic heterocycles. The first-order chi connectivity index (χ1) is 16.1. The lowest BCUT2D eigenvalue weighted by molar-refractivity contribution is -0.137. The van der Waals surface area contributed by atoms with Gasteiger partial charge in [-0.15, -0.1) is 0 Å². The van der Waals surface area contributed by atoms with Crippen LogP contribution in [0.15, 0.2) is 65.5 Å². The van der Waals surface area contributed by atoms with Crippen molar-refractivity contribution in [1.29, 1.82) is 0 Å². The van der Waals surface area contributed by atoms with Crippen molar-refractivity contribution in [3.8, 4) is 5.69 Å². The van der Waals surface area contributed by atoms with E-state index in [-0.39, 0.29) is 11.4 Å². The molecule has 0 atom stereocenters. The number of hydrogen-bond donors (Lipinski definition) is 0. The van der Waals surface area contributed by atoms with E-state index in [1.54, 1.807) is 6.92 Å². The quantitative estimate of drug-likeness (QED) is 0.255. The van der Waals surface area contributed by atoms with Crippen molar-refractivity contribution in [3.05, 3.63) is 98.6 Å². The highest BCUT2D eigenvalue weighted by atomic mass is 35.5. The lowest BCUT2D eigenvalue weighted by atomic mass is 10.1. The van der Waals surface area contributed by atoms with Crippen molar-refractivity contribution < 1.29 is 14.3 Å². The van der Waals surface area contributed by atoms with Crippen LogP contribution in [-0.2, 0) is 14.3 Å². The molecular weight excluding hydrogens is 448 g/mol. The second kappa shape index (κ2) is 8.99. The number of halogens is 1. The Kier molecular flexibility index (Phi) is 6.24. The molecule has 2 aromatic carbocycles. The van der Waals surface area contributed by atoms with Crippen LogP contribution < -0.4 is 4.90 Å². The molecule has 34 heavy (non-hydrogen) atoms. The highest BCUT2D eigenvalue weighted by Gasteiger charge is 2.38. The van der Waals surface area contributed by atoms with Gasteiger partial charge in [0.2, 0.25) is 5.78 Å². The number of nitrogens with zero attached hydrogens (tertiary/aromatic N) is 2. The fourth-order valence-electron chi connectivity index (χ4n) is 4.67. The summed E-state index contributed by atoms with van der Waals surface area (Å²) in [5, 5.41) is 0.652. The van der Waals surface area contributed by atoms with Gasteiger partial charge in [-0.05, 0) is 93.8 Å². The zero-order chi connectivity index (χ0) is 24.7. The number of allylic oxidation sites excluding steroid dienone is 2. The number of hydrogen-bond acceptors (Lipinski definition) is 4. The maximum absolute atomic E-state index is 13.5. The second-order valence-corrected chi connectivity index (χ2v) is 9.07. The molecule has 4 rings (SSSR count). The zero-order valence-electron chi connectivity index (χ0n) is 20.2. The predicted molar refractivity (Wildman–Crippen MR) is 136 cm³/mol. The average molecular weight is 475 g/mol. The summed E-state index contributed by atoms with van der Waals surface area (Å²) >= 11 is 6.22. The normalized spacial score (nSPS) is 15.0. The highest BCUT2D eigenvalue weighted by Crippen LogP contribution is 2.37. The molecule has 1 aliphatic heterocycles. The number of esters is 1. The largest absolute Gasteiger partial charge is 0.465 e. The lowest BCUT2D eigenvalue weighted by Crippen LogP contribution is -2.18. The number of ether oxygens (including phenoxy) is 1. The van der Waals surface area contributed by atoms with Crippen LogP contribution in [0.2, 0.25) is 5.02 Å². The van der Waals surface area contributed by atoms with E-state index in [9.17, 15) is 9.59 Å². The van der Waals surface area contributed by atoms with Crippen LogP contribution in [0.1, 0.15) is 35.0 Å². The summed E-state index contributed by atoms with van der Waals surface area (Å²) in [4.78, 5) is 27.9. The molecule has 0 radical (unpaired) electrons. The summed E-state index contributed by atoms with van der Waals surface area (Å²) in [6.07, 6.45) is 1.85. The van der Waals surface area contributed by atoms with E-state index >= 15 is 0 Å². The first-order valence-electron chi connectivity index (χ1n) is 11.0. The van der Waals surface area contributed by atoms with Crippen molar-refractivity contribution in [2.75, 3.05) is 12.0 Å². The number of aryl methyl sites for hydroxylation is 3. The fourth-order valence-corrected chi connectivity index (χ4v) is 4.85. The standard InChI is InChI=1S/C28H27ClN2O3/c1-16-10-17(2)12-24(11-16)31-20(5)26(28(33)34-6)27(32)25(31)14-21-13-18(3)30(19(21)4)23-9-7-8-22(29)15-23/h7-15H,1-6H3/b25-14+. The maximum atomic E-state index is 13.5. The maximum Gasteiger partial charge on any atom is 0.343 e. The van der Waals surface area contributed by atoms with Gasteiger partial charge in [0, 0.05) is 33.5 Å². The third-order valence-corrected chi connectivity index (χ3v) is 6.32. The van der Waals surface area contributed by atoms with Crippen LogP contribution in [0, 0.1) is 27.7 Å². The predicted octanol–water partition coefficient (Wildman–Crippen LogP) is 6.24. The Balaban J connectivity index is 1.90. The molecule has 1 aliphatic rings. The molecule has 0 fully saturated rings. The van der Waals surface area contributed by atoms with Gasteiger partial charge < -0.3 is 14.2 Å². The Labute approximate surface area is 204 Å². The number of Topliss-reactive ketones (excluding diaryl/α,β-unsaturated/α-hetero) is 1. The molecule has 0 bridgehead atoms. The number of anilines is 1. The van der Waals surface area contributed by atoms with Crippen molar-refractivity contribution in [2.24, 2.45) is 0 Å². The minimum Gasteiger partial charge on any atom is -0.465 e. The minimum atomic E-state index is -0.635. The Bertz CT molecular complexity index is 1370. The number of aromatic nitrogens is 1. The van der Waals surface area contributed by atoms with Crippen LogP contribution in [0.25, 0.3) is 11.8 Å². The molecule has 3 aromatic rings. The van der Waals surface area contributed by atoms with Crippen molar-refractivity contribution in [2.45, 2.75) is 34.6 Å². The number of methoxy groups -OCH3 is 1. The number of carbonyl (C=O) groups excluding carboxylic acids is 2. The summed E-state index contributed by atoms with van der Waals surface area (Å²) in [7, 11) is 1.29. The van der Waals surface area contributed by atoms with Crippen molar-refractivity contribution >= 4 is 35.1 Å². The molecule has 0 unspecified atom stereocenters. The number of ketones is 1. The van der Waals surface area contributed by atoms with E-state index in [0.717, 1.165) is 39.5 Å². The monoisotopic (exact) mass is 474 g/mol. The molecule has 0 N–H and O–H groups in total. The summed E-state index contributed by atoms with van der Waals surface area (Å²) in [6.45, 7) is 9.81. The Morgan fingerprint density at radius 2 is 1.62 bits per heavy atom. The van der Waals surface area contributed by atoms with E-state index < -0.39 is 5.97 Å². The molecule has 174 valence electrons. The van der Waals surface area contributed by atoms with Crippen LogP contribution in [0.5, 0.6) is 0 Å². The summed E-state index contributed by atoms with van der Waals surface area (Å²) < 4.78 is 7.03. The van der Waals surface area contributed by atoms with Crippen LogP contribution >= 0.6 is 11.6 Å². The van der Waals surface area contributed by atoms with E-state index in [2.05, 4.69) is 10.6 Å². The van der Waals surface area contributed by atoms with Gasteiger partial charge in [-0.1, -0.05) is 23.7 Å². The molecule has 2 heterocycles. The van der Waals surface area contributed by atoms with E-state index in [4.69, 9.17) is 16.3 Å². The van der Waals surface area contributed by atoms with E-state index in [1.165, 1.54) is 7.11 Å². The molecule has 0 saturated heterocycles. The topological polar surface area (TPSA) is 51.5 Å². The van der Waals surface area contributed by atoms with Gasteiger partial charge in [0.25, 0.3) is 0 Å². The van der Waals surface area contributed by atoms with Gasteiger partial charge in [0.1, 0.15) is 5.57 Å². The first kappa shape index (κ1) is 23.6. The molecule has 5 nitrogen and oxygen atoms in total. The number of carbonyl (C=O) groups is 2. The molecule has 0 amide bonds. The number of rotatable bonds is 4. The van der Waals surface area contributed by atoms with Gasteiger partial charge in [0.15, 0.2) is 0 Å². The van der Waals surface area contributed by atoms with E-state index in [1.807, 2.05) is 81.1 Å². The van der Waals surface area contributed by atoms with Crippen LogP contribution in [0.3, 0.4) is 0 Å². The Hall–Kier alpha value is -3.57. The third kappa shape index (κ3) is 4.08. The summed E-state index contributed by atoms with van der Waals surface area (Å²) in [5.41, 5.74) is 7.78. The van der Waals surface area contributed by atoms with Crippen LogP contribution in [-0.4, -0.2) is 23.4 Å². The number of benzene rings is 2. The van der Waals surface area contributed by atoms with Crippen LogP contribution in [0.4, 0.5) is 5.69 Å². The molecule has 6 heteroatoms. The fraction of sp³-hybridized carbons (Fsp3) is 0.214. The SMILES string of the molecule is COC(=O)C1=C(C)N(c2cc(C)cc(C)c2)/C(=C/c2cc(C)n(-c3cccc(Cl)c3)c2C)C1=O. The Morgan fingerprint density at radius 1 is 0.941 bits per heavy atom. The summed E-state index contributed by atoms with van der Waals surface area (Å²) in [6, 6.07) is 15.8. The van der Waals surface area contributed by atoms with Gasteiger partial charge in [-0.3, -0.25) is 4.79 Å². The summed E-state index contributed by atoms with van der Waals surface area (Å²) in [5.74, 6) is -0.985. The lowest BCUT2D eigenvalue weighted by Gasteiger charge is -2.22. The van der Waals surface area contributed by atoms with Gasteiger partial charge in [0.05, 0.1) is 12.8 Å². The van der Waals surface area contributed by atoms with Crippen molar-refractivity contribution in [1.82, 2.24) is 4.57 Å². The average Bonchev–Trinajstić information content (AvgIpc) is 3.18. The van der Waals surface area contributed by atoms with Gasteiger partial charge in [-0.2, -0.15) is 0 Å². The van der Waals surface area contributed by atoms with Crippen molar-refractivity contribution in [3.63, 3.8) is 0 Å². The Morgan fingerprint density at radius 3 is 2.24 bits per heavy atom. The molecular formula is C28H27ClN2O3. The highest BCUT2D eigenvalue weighted by molar-refractivity contribution is 6.31. The third-order valence-electron chi connectivity index (χ3n) is 6.08. The van der Waals surface area contributed by atoms with E-state index in [0.29, 0.717) is 16.4 Å². The zero-order valence-corrected chi connectivity index (χ0v) is 20.9. The second-order valence-electron chi connectivity index (χ2n) is 8.63. The molecule has 0 saturated carbocycles. The molecule has 0 spiro atoms. The smallest absolute Gasteiger partial charge is 0.343 e. The first-order valence-corrected chi connectivity index (χ1v) is 11.4. The van der Waals surface area contributed by atoms with Gasteiger partial charge in [-0.25, -0.2) is 4.79 Å². The van der Waals surface area contributed by atoms with Gasteiger partial charge >= 0.3 is 5.97 Å². The molecule has 0 aliphatic carbocycles.